The van der Waals surface area contributed by atoms with Crippen LogP contribution >= 0.6 is 0 Å². The zero-order chi connectivity index (χ0) is 27.0. The van der Waals surface area contributed by atoms with E-state index in [1.165, 1.54) is 16.7 Å². The van der Waals surface area contributed by atoms with Crippen LogP contribution in [0.1, 0.15) is 43.7 Å². The molecule has 202 valence electrons. The first-order chi connectivity index (χ1) is 18.3. The Bertz CT molecular complexity index is 1310. The van der Waals surface area contributed by atoms with Gasteiger partial charge in [-0.05, 0) is 67.0 Å². The van der Waals surface area contributed by atoms with E-state index in [2.05, 4.69) is 46.4 Å². The van der Waals surface area contributed by atoms with Crippen molar-refractivity contribution >= 4 is 16.3 Å². The lowest BCUT2D eigenvalue weighted by Gasteiger charge is -2.41. The van der Waals surface area contributed by atoms with Gasteiger partial charge in [0, 0.05) is 24.5 Å². The van der Waals surface area contributed by atoms with Crippen molar-refractivity contribution < 1.29 is 23.1 Å². The summed E-state index contributed by atoms with van der Waals surface area (Å²) >= 11 is 0. The number of hydrogen-bond donors (Lipinski definition) is 4. The fourth-order valence-corrected chi connectivity index (χ4v) is 5.88. The molecule has 38 heavy (non-hydrogen) atoms. The van der Waals surface area contributed by atoms with Crippen LogP contribution in [-0.4, -0.2) is 38.8 Å². The molecule has 0 bridgehead atoms. The van der Waals surface area contributed by atoms with E-state index in [4.69, 9.17) is 9.84 Å². The third kappa shape index (κ3) is 7.34. The fraction of sp³-hybridized carbons (Fsp3) is 0.345. The Morgan fingerprint density at radius 2 is 1.66 bits per heavy atom. The Morgan fingerprint density at radius 1 is 0.974 bits per heavy atom. The molecule has 4 N–H and O–H groups in total. The number of hydrogen-bond acceptors (Lipinski definition) is 5. The van der Waals surface area contributed by atoms with E-state index in [0.29, 0.717) is 12.6 Å². The Labute approximate surface area is 224 Å². The molecular weight excluding hydrogens is 502 g/mol. The maximum absolute atomic E-state index is 12.2. The number of carbonyl (C=O) groups is 1. The predicted octanol–water partition coefficient (Wildman–Crippen LogP) is 4.82. The summed E-state index contributed by atoms with van der Waals surface area (Å²) < 4.78 is 34.2. The third-order valence-electron chi connectivity index (χ3n) is 7.18. The average molecular weight is 538 g/mol. The molecule has 4 rings (SSSR count). The number of rotatable bonds is 11. The van der Waals surface area contributed by atoms with Crippen LogP contribution in [0.2, 0.25) is 0 Å². The van der Waals surface area contributed by atoms with Gasteiger partial charge in [-0.15, -0.1) is 0 Å². The molecule has 1 aliphatic rings. The largest absolute Gasteiger partial charge is 0.494 e. The SMILES string of the molecule is CCOc1cccc([C@]2(CNS(=O)(=O)NC(=O)O)CC[C@@H](NCc3ccc(-c4ccccc4)cc3)CC2)c1. The quantitative estimate of drug-likeness (QED) is 0.279. The van der Waals surface area contributed by atoms with Crippen LogP contribution in [0.3, 0.4) is 0 Å². The summed E-state index contributed by atoms with van der Waals surface area (Å²) in [6.07, 6.45) is 1.57. The van der Waals surface area contributed by atoms with Gasteiger partial charge in [-0.25, -0.2) is 9.52 Å². The predicted molar refractivity (Wildman–Crippen MR) is 148 cm³/mol. The molecule has 1 saturated carbocycles. The first kappa shape index (κ1) is 27.6. The highest BCUT2D eigenvalue weighted by molar-refractivity contribution is 7.88. The normalized spacial score (nSPS) is 19.6. The molecule has 3 aromatic carbocycles. The summed E-state index contributed by atoms with van der Waals surface area (Å²) in [7, 11) is -4.18. The van der Waals surface area contributed by atoms with Gasteiger partial charge in [-0.1, -0.05) is 66.7 Å². The standard InChI is InChI=1S/C29H35N3O5S/c1-2-37-27-10-6-9-25(19-27)29(21-31-38(35,36)32-28(33)34)17-15-26(16-18-29)30-20-22-11-13-24(14-12-22)23-7-4-3-5-8-23/h3-14,19,26,30-32H,2,15-18,20-21H2,1H3,(H,33,34)/t26-,29-. The van der Waals surface area contributed by atoms with Crippen LogP contribution < -0.4 is 19.5 Å². The lowest BCUT2D eigenvalue weighted by atomic mass is 9.68. The summed E-state index contributed by atoms with van der Waals surface area (Å²) in [4.78, 5) is 10.9. The van der Waals surface area contributed by atoms with Gasteiger partial charge in [0.25, 0.3) is 0 Å². The minimum atomic E-state index is -4.18. The number of benzene rings is 3. The molecule has 3 aromatic rings. The van der Waals surface area contributed by atoms with Crippen molar-refractivity contribution in [1.29, 1.82) is 0 Å². The summed E-state index contributed by atoms with van der Waals surface area (Å²) in [5.41, 5.74) is 4.09. The Morgan fingerprint density at radius 3 is 2.32 bits per heavy atom. The minimum Gasteiger partial charge on any atom is -0.494 e. The first-order valence-corrected chi connectivity index (χ1v) is 14.4. The van der Waals surface area contributed by atoms with Gasteiger partial charge in [-0.3, -0.25) is 0 Å². The van der Waals surface area contributed by atoms with E-state index in [0.717, 1.165) is 43.5 Å². The van der Waals surface area contributed by atoms with Crippen molar-refractivity contribution in [3.05, 3.63) is 90.0 Å². The maximum Gasteiger partial charge on any atom is 0.419 e. The van der Waals surface area contributed by atoms with E-state index in [9.17, 15) is 13.2 Å². The van der Waals surface area contributed by atoms with Crippen molar-refractivity contribution in [2.45, 2.75) is 50.6 Å². The number of amides is 1. The molecule has 9 heteroatoms. The first-order valence-electron chi connectivity index (χ1n) is 12.9. The highest BCUT2D eigenvalue weighted by atomic mass is 32.2. The molecule has 0 atom stereocenters. The van der Waals surface area contributed by atoms with Gasteiger partial charge in [0.1, 0.15) is 5.75 Å². The number of nitrogens with one attached hydrogen (secondary N) is 3. The van der Waals surface area contributed by atoms with Crippen molar-refractivity contribution in [1.82, 2.24) is 14.8 Å². The summed E-state index contributed by atoms with van der Waals surface area (Å²) in [5.74, 6) is 0.732. The van der Waals surface area contributed by atoms with Gasteiger partial charge < -0.3 is 15.2 Å². The molecule has 0 radical (unpaired) electrons. The van der Waals surface area contributed by atoms with Crippen molar-refractivity contribution in [2.24, 2.45) is 0 Å². The lowest BCUT2D eigenvalue weighted by Crippen LogP contribution is -2.49. The van der Waals surface area contributed by atoms with Gasteiger partial charge in [0.05, 0.1) is 6.61 Å². The highest BCUT2D eigenvalue weighted by Crippen LogP contribution is 2.40. The van der Waals surface area contributed by atoms with Crippen LogP contribution in [0.25, 0.3) is 11.1 Å². The lowest BCUT2D eigenvalue weighted by molar-refractivity contribution is 0.200. The molecule has 0 unspecified atom stereocenters. The monoisotopic (exact) mass is 537 g/mol. The van der Waals surface area contributed by atoms with Crippen molar-refractivity contribution in [3.8, 4) is 16.9 Å². The van der Waals surface area contributed by atoms with Crippen LogP contribution in [0, 0.1) is 0 Å². The van der Waals surface area contributed by atoms with E-state index in [1.807, 2.05) is 49.4 Å². The zero-order valence-electron chi connectivity index (χ0n) is 21.5. The van der Waals surface area contributed by atoms with E-state index >= 15 is 0 Å². The second kappa shape index (κ2) is 12.4. The summed E-state index contributed by atoms with van der Waals surface area (Å²) in [6.45, 7) is 3.30. The Kier molecular flexibility index (Phi) is 9.04. The fourth-order valence-electron chi connectivity index (χ4n) is 5.12. The van der Waals surface area contributed by atoms with Gasteiger partial charge >= 0.3 is 16.3 Å². The molecule has 0 aromatic heterocycles. The van der Waals surface area contributed by atoms with Crippen LogP contribution in [0.5, 0.6) is 5.75 Å². The molecule has 0 heterocycles. The molecule has 1 aliphatic carbocycles. The van der Waals surface area contributed by atoms with Crippen LogP contribution in [0.4, 0.5) is 4.79 Å². The molecular formula is C29H35N3O5S. The number of ether oxygens (including phenoxy) is 1. The smallest absolute Gasteiger partial charge is 0.419 e. The molecule has 1 amide bonds. The minimum absolute atomic E-state index is 0.0961. The zero-order valence-corrected chi connectivity index (χ0v) is 22.3. The van der Waals surface area contributed by atoms with E-state index in [1.54, 1.807) is 4.72 Å². The van der Waals surface area contributed by atoms with Crippen LogP contribution in [-0.2, 0) is 22.2 Å². The third-order valence-corrected chi connectivity index (χ3v) is 8.15. The van der Waals surface area contributed by atoms with Crippen molar-refractivity contribution in [3.63, 3.8) is 0 Å². The van der Waals surface area contributed by atoms with Gasteiger partial charge in [-0.2, -0.15) is 13.1 Å². The molecule has 0 saturated heterocycles. The Balaban J connectivity index is 1.41. The second-order valence-electron chi connectivity index (χ2n) is 9.69. The topological polar surface area (TPSA) is 117 Å². The van der Waals surface area contributed by atoms with Crippen LogP contribution in [0.15, 0.2) is 78.9 Å². The average Bonchev–Trinajstić information content (AvgIpc) is 2.92. The summed E-state index contributed by atoms with van der Waals surface area (Å²) in [5, 5.41) is 12.5. The maximum atomic E-state index is 12.2. The second-order valence-corrected chi connectivity index (χ2v) is 11.2. The molecule has 8 nitrogen and oxygen atoms in total. The summed E-state index contributed by atoms with van der Waals surface area (Å²) in [6, 6.07) is 26.9. The van der Waals surface area contributed by atoms with E-state index in [-0.39, 0.29) is 6.54 Å². The number of carboxylic acid groups (broad SMARTS) is 1. The van der Waals surface area contributed by atoms with E-state index < -0.39 is 21.7 Å². The molecule has 0 aliphatic heterocycles. The molecule has 0 spiro atoms. The Hall–Kier alpha value is -3.40. The highest BCUT2D eigenvalue weighted by Gasteiger charge is 2.38. The van der Waals surface area contributed by atoms with Crippen molar-refractivity contribution in [2.75, 3.05) is 13.2 Å². The van der Waals surface area contributed by atoms with Gasteiger partial charge in [0.15, 0.2) is 0 Å². The molecule has 1 fully saturated rings. The van der Waals surface area contributed by atoms with Gasteiger partial charge in [0.2, 0.25) is 0 Å².